The molecule has 6 heteroatoms. The first-order valence-corrected chi connectivity index (χ1v) is 20.0. The summed E-state index contributed by atoms with van der Waals surface area (Å²) in [6.45, 7) is 0. The molecule has 0 aliphatic carbocycles. The van der Waals surface area contributed by atoms with E-state index >= 15 is 0 Å². The Kier molecular flexibility index (Phi) is 7.09. The van der Waals surface area contributed by atoms with Gasteiger partial charge in [-0.25, -0.2) is 9.98 Å². The Hall–Kier alpha value is -7.28. The number of aliphatic imine (C=N–C) groups is 2. The molecule has 1 aliphatic rings. The Morgan fingerprint density at radius 1 is 0.526 bits per heavy atom. The van der Waals surface area contributed by atoms with Gasteiger partial charge in [-0.3, -0.25) is 0 Å². The summed E-state index contributed by atoms with van der Waals surface area (Å²) in [6.07, 6.45) is -0.282. The third kappa shape index (κ3) is 5.08. The summed E-state index contributed by atoms with van der Waals surface area (Å²) in [5.41, 5.74) is 10.6. The number of rotatable bonds is 5. The number of nitrogens with one attached hydrogen (secondary N) is 1. The van der Waals surface area contributed by atoms with Gasteiger partial charge in [0, 0.05) is 48.1 Å². The van der Waals surface area contributed by atoms with Crippen molar-refractivity contribution in [2.45, 2.75) is 6.17 Å². The minimum absolute atomic E-state index is 0.282. The summed E-state index contributed by atoms with van der Waals surface area (Å²) in [5.74, 6) is 1.47. The molecule has 1 unspecified atom stereocenters. The van der Waals surface area contributed by atoms with Crippen molar-refractivity contribution in [3.63, 3.8) is 0 Å². The van der Waals surface area contributed by atoms with Gasteiger partial charge in [0.2, 0.25) is 0 Å². The van der Waals surface area contributed by atoms with Crippen molar-refractivity contribution in [3.8, 4) is 16.8 Å². The van der Waals surface area contributed by atoms with Crippen LogP contribution >= 0.6 is 11.3 Å². The number of nitrogens with zero attached hydrogens (tertiary/aromatic N) is 3. The lowest BCUT2D eigenvalue weighted by Crippen LogP contribution is -2.33. The maximum absolute atomic E-state index is 6.62. The number of fused-ring (bicyclic) bond motifs is 9. The molecule has 0 amide bonds. The van der Waals surface area contributed by atoms with Gasteiger partial charge >= 0.3 is 0 Å². The molecule has 3 aromatic heterocycles. The highest BCUT2D eigenvalue weighted by molar-refractivity contribution is 7.26. The highest BCUT2D eigenvalue weighted by atomic mass is 32.1. The first kappa shape index (κ1) is 32.0. The van der Waals surface area contributed by atoms with Crippen LogP contribution in [0.3, 0.4) is 0 Å². The fourth-order valence-electron chi connectivity index (χ4n) is 8.63. The molecule has 4 heterocycles. The van der Waals surface area contributed by atoms with Gasteiger partial charge in [0.05, 0.1) is 21.4 Å². The van der Waals surface area contributed by atoms with Crippen LogP contribution in [0, 0.1) is 0 Å². The molecule has 0 radical (unpaired) electrons. The number of aromatic nitrogens is 1. The summed E-state index contributed by atoms with van der Waals surface area (Å²) in [5, 5.41) is 10.8. The van der Waals surface area contributed by atoms with Crippen molar-refractivity contribution in [1.29, 1.82) is 0 Å². The molecule has 0 bridgehead atoms. The molecule has 11 aromatic rings. The largest absolute Gasteiger partial charge is 0.456 e. The number of hydrogen-bond donors (Lipinski definition) is 1. The number of thiophene rings is 1. The Morgan fingerprint density at radius 3 is 1.98 bits per heavy atom. The lowest BCUT2D eigenvalue weighted by Gasteiger charge is -2.24. The highest BCUT2D eigenvalue weighted by Crippen LogP contribution is 2.43. The minimum atomic E-state index is -0.282. The number of amidine groups is 2. The molecule has 0 saturated heterocycles. The monoisotopic (exact) mass is 748 g/mol. The SMILES string of the molecule is c1ccc(C2=NC(c3ccccc3)NC(c3cccc4oc5cc(-c6ccc7c(c6)sc6c(-n8c9ccccc9c9ccccc98)cccc67)ccc5c34)=N2)cc1. The molecule has 1 N–H and O–H groups in total. The van der Waals surface area contributed by atoms with E-state index in [9.17, 15) is 0 Å². The van der Waals surface area contributed by atoms with Crippen molar-refractivity contribution < 1.29 is 4.42 Å². The summed E-state index contributed by atoms with van der Waals surface area (Å²) in [4.78, 5) is 10.2. The Labute approximate surface area is 331 Å². The lowest BCUT2D eigenvalue weighted by molar-refractivity contribution is 0.668. The molecule has 12 rings (SSSR count). The average Bonchev–Trinajstić information content (AvgIpc) is 3.96. The molecule has 5 nitrogen and oxygen atoms in total. The van der Waals surface area contributed by atoms with Gasteiger partial charge in [-0.2, -0.15) is 0 Å². The van der Waals surface area contributed by atoms with E-state index in [0.717, 1.165) is 55.6 Å². The van der Waals surface area contributed by atoms with Crippen LogP contribution in [0.15, 0.2) is 196 Å². The van der Waals surface area contributed by atoms with E-state index in [1.807, 2.05) is 59.9 Å². The van der Waals surface area contributed by atoms with Crippen LogP contribution in [-0.4, -0.2) is 16.2 Å². The third-order valence-electron chi connectivity index (χ3n) is 11.3. The van der Waals surface area contributed by atoms with Gasteiger partial charge in [-0.05, 0) is 59.2 Å². The number of benzene rings is 8. The average molecular weight is 749 g/mol. The second-order valence-electron chi connectivity index (χ2n) is 14.6. The van der Waals surface area contributed by atoms with Crippen LogP contribution < -0.4 is 5.32 Å². The normalized spacial score (nSPS) is 14.5. The standard InChI is InChI=1S/C51H32N4OS/c1-3-13-31(14-4-1)49-52-50(32-15-5-2-6-16-32)54-51(53-49)40-20-12-24-44-47(40)39-28-26-33(29-45(39)56-44)34-25-27-37-38-19-11-23-43(48(38)57-46(37)30-34)55-41-21-9-7-17-35(41)36-18-8-10-22-42(36)55/h1-30,49H,(H,52,53,54). The van der Waals surface area contributed by atoms with Gasteiger partial charge in [0.25, 0.3) is 0 Å². The van der Waals surface area contributed by atoms with Crippen LogP contribution in [0.2, 0.25) is 0 Å². The Balaban J connectivity index is 0.960. The number of para-hydroxylation sites is 2. The molecule has 268 valence electrons. The molecule has 57 heavy (non-hydrogen) atoms. The summed E-state index contributed by atoms with van der Waals surface area (Å²) in [6, 6.07) is 64.3. The number of hydrogen-bond acceptors (Lipinski definition) is 5. The molecular weight excluding hydrogens is 717 g/mol. The molecular formula is C51H32N4OS. The highest BCUT2D eigenvalue weighted by Gasteiger charge is 2.24. The maximum atomic E-state index is 6.62. The Morgan fingerprint density at radius 2 is 1.19 bits per heavy atom. The minimum Gasteiger partial charge on any atom is -0.456 e. The number of furan rings is 1. The lowest BCUT2D eigenvalue weighted by atomic mass is 10.00. The van der Waals surface area contributed by atoms with Crippen LogP contribution in [0.5, 0.6) is 0 Å². The fraction of sp³-hybridized carbons (Fsp3) is 0.0196. The van der Waals surface area contributed by atoms with E-state index < -0.39 is 0 Å². The van der Waals surface area contributed by atoms with Gasteiger partial charge in [0.15, 0.2) is 5.84 Å². The predicted octanol–water partition coefficient (Wildman–Crippen LogP) is 13.2. The Bertz CT molecular complexity index is 3390. The zero-order chi connectivity index (χ0) is 37.5. The second-order valence-corrected chi connectivity index (χ2v) is 15.6. The van der Waals surface area contributed by atoms with E-state index in [2.05, 4.69) is 143 Å². The zero-order valence-corrected chi connectivity index (χ0v) is 31.4. The second kappa shape index (κ2) is 12.6. The summed E-state index contributed by atoms with van der Waals surface area (Å²) < 4.78 is 11.6. The van der Waals surface area contributed by atoms with E-state index in [0.29, 0.717) is 5.84 Å². The molecule has 8 aromatic carbocycles. The van der Waals surface area contributed by atoms with Crippen molar-refractivity contribution >= 4 is 86.9 Å². The quantitative estimate of drug-likeness (QED) is 0.191. The fourth-order valence-corrected chi connectivity index (χ4v) is 9.88. The van der Waals surface area contributed by atoms with Crippen molar-refractivity contribution in [3.05, 3.63) is 199 Å². The van der Waals surface area contributed by atoms with Crippen molar-refractivity contribution in [2.75, 3.05) is 0 Å². The van der Waals surface area contributed by atoms with Gasteiger partial charge < -0.3 is 14.3 Å². The van der Waals surface area contributed by atoms with E-state index in [-0.39, 0.29) is 6.17 Å². The molecule has 1 atom stereocenters. The van der Waals surface area contributed by atoms with E-state index in [4.69, 9.17) is 14.4 Å². The van der Waals surface area contributed by atoms with Crippen molar-refractivity contribution in [1.82, 2.24) is 9.88 Å². The molecule has 0 spiro atoms. The third-order valence-corrected chi connectivity index (χ3v) is 12.5. The van der Waals surface area contributed by atoms with Crippen LogP contribution in [0.4, 0.5) is 0 Å². The van der Waals surface area contributed by atoms with Gasteiger partial charge in [0.1, 0.15) is 23.2 Å². The van der Waals surface area contributed by atoms with Gasteiger partial charge in [-0.15, -0.1) is 11.3 Å². The zero-order valence-electron chi connectivity index (χ0n) is 30.6. The van der Waals surface area contributed by atoms with E-state index in [1.165, 1.54) is 47.7 Å². The molecule has 0 saturated carbocycles. The maximum Gasteiger partial charge on any atom is 0.159 e. The summed E-state index contributed by atoms with van der Waals surface area (Å²) >= 11 is 1.86. The smallest absolute Gasteiger partial charge is 0.159 e. The molecule has 0 fully saturated rings. The molecule has 1 aliphatic heterocycles. The van der Waals surface area contributed by atoms with Crippen LogP contribution in [0.25, 0.3) is 80.7 Å². The van der Waals surface area contributed by atoms with Crippen LogP contribution in [0.1, 0.15) is 22.9 Å². The first-order chi connectivity index (χ1) is 28.2. The van der Waals surface area contributed by atoms with Crippen LogP contribution in [-0.2, 0) is 0 Å². The van der Waals surface area contributed by atoms with E-state index in [1.54, 1.807) is 0 Å². The topological polar surface area (TPSA) is 54.8 Å². The first-order valence-electron chi connectivity index (χ1n) is 19.2. The van der Waals surface area contributed by atoms with Gasteiger partial charge in [-0.1, -0.05) is 140 Å². The summed E-state index contributed by atoms with van der Waals surface area (Å²) in [7, 11) is 0. The predicted molar refractivity (Wildman–Crippen MR) is 238 cm³/mol. The van der Waals surface area contributed by atoms with Crippen molar-refractivity contribution in [2.24, 2.45) is 9.98 Å².